The standard InChI is InChI=1S/C11H9.C5H5.C2H7Ge.2ClH.Zr/c1-2-6-10(7-3-1)11-8-4-5-9-11;1-2-4-5-3-1;1-3-2;;;/h1-4,6-8H,5H2;1-3H,4H2;3H,1-2H3;2*1H;/q;;;;;+2/p-2. The minimum absolute atomic E-state index is 0. The molecule has 0 unspecified atom stereocenters. The monoisotopic (exact) mass is 471 g/mol. The van der Waals surface area contributed by atoms with Crippen molar-refractivity contribution in [3.05, 3.63) is 72.8 Å². The molecule has 2 aliphatic rings. The van der Waals surface area contributed by atoms with E-state index in [2.05, 4.69) is 72.2 Å². The second kappa shape index (κ2) is 9.47. The summed E-state index contributed by atoms with van der Waals surface area (Å²) in [6, 6.07) is 11.0. The van der Waals surface area contributed by atoms with Gasteiger partial charge in [-0.2, -0.15) is 0 Å². The third-order valence-electron chi connectivity index (χ3n) is 4.04. The summed E-state index contributed by atoms with van der Waals surface area (Å²) in [7, 11) is -1.06. The SMILES string of the molecule is [CH3][GeH]([CH3])[Zr+2]([C]1=CC=CC1)[C]1=C(c2ccccc2)C=CC1.[Cl-].[Cl-]. The Balaban J connectivity index is 0.00000121. The maximum atomic E-state index is 2.62. The molecular weight excluding hydrogens is 451 g/mol. The Morgan fingerprint density at radius 3 is 2.27 bits per heavy atom. The molecule has 115 valence electrons. The Morgan fingerprint density at radius 1 is 0.955 bits per heavy atom. The van der Waals surface area contributed by atoms with Crippen LogP contribution in [0, 0.1) is 0 Å². The van der Waals surface area contributed by atoms with Crippen LogP contribution < -0.4 is 24.8 Å². The van der Waals surface area contributed by atoms with E-state index in [1.165, 1.54) is 18.4 Å². The molecule has 0 atom stereocenters. The van der Waals surface area contributed by atoms with Crippen molar-refractivity contribution in [2.75, 3.05) is 0 Å². The first-order valence-corrected chi connectivity index (χ1v) is 23.3. The Bertz CT molecular complexity index is 615. The summed E-state index contributed by atoms with van der Waals surface area (Å²) in [6.45, 7) is 0. The second-order valence-corrected chi connectivity index (χ2v) is 37.6. The molecule has 0 aliphatic heterocycles. The van der Waals surface area contributed by atoms with E-state index in [0.717, 1.165) is 0 Å². The molecule has 0 radical (unpaired) electrons. The molecule has 0 bridgehead atoms. The van der Waals surface area contributed by atoms with Gasteiger partial charge in [-0.05, 0) is 0 Å². The molecule has 22 heavy (non-hydrogen) atoms. The van der Waals surface area contributed by atoms with Crippen LogP contribution in [-0.2, 0) is 19.2 Å². The largest absolute Gasteiger partial charge is 1.00 e. The molecule has 3 rings (SSSR count). The summed E-state index contributed by atoms with van der Waals surface area (Å²) in [5, 5.41) is 0. The van der Waals surface area contributed by atoms with Crippen molar-refractivity contribution in [2.45, 2.75) is 24.4 Å². The van der Waals surface area contributed by atoms with Gasteiger partial charge in [0.25, 0.3) is 0 Å². The molecule has 1 aromatic rings. The second-order valence-electron chi connectivity index (χ2n) is 5.76. The van der Waals surface area contributed by atoms with Crippen LogP contribution in [0.2, 0.25) is 11.5 Å². The van der Waals surface area contributed by atoms with Crippen LogP contribution in [0.15, 0.2) is 67.3 Å². The average molecular weight is 472 g/mol. The van der Waals surface area contributed by atoms with Crippen molar-refractivity contribution in [3.63, 3.8) is 0 Å². The van der Waals surface area contributed by atoms with Gasteiger partial charge in [0.05, 0.1) is 0 Å². The normalized spacial score (nSPS) is 15.7. The van der Waals surface area contributed by atoms with E-state index in [0.29, 0.717) is 0 Å². The van der Waals surface area contributed by atoms with Crippen LogP contribution in [0.25, 0.3) is 5.57 Å². The first-order valence-electron chi connectivity index (χ1n) is 7.46. The summed E-state index contributed by atoms with van der Waals surface area (Å²) in [5.74, 6) is 5.24. The zero-order chi connectivity index (χ0) is 13.9. The molecule has 0 spiro atoms. The van der Waals surface area contributed by atoms with Gasteiger partial charge in [-0.25, -0.2) is 0 Å². The van der Waals surface area contributed by atoms with Crippen LogP contribution in [0.3, 0.4) is 0 Å². The van der Waals surface area contributed by atoms with E-state index < -0.39 is 29.8 Å². The third-order valence-corrected chi connectivity index (χ3v) is 35.5. The van der Waals surface area contributed by atoms with E-state index in [9.17, 15) is 0 Å². The topological polar surface area (TPSA) is 0 Å². The van der Waals surface area contributed by atoms with Crippen LogP contribution in [0.4, 0.5) is 0 Å². The number of benzene rings is 1. The summed E-state index contributed by atoms with van der Waals surface area (Å²) < 4.78 is 3.73. The zero-order valence-corrected chi connectivity index (χ0v) is 19.4. The maximum absolute atomic E-state index is 2.62. The third kappa shape index (κ3) is 4.38. The van der Waals surface area contributed by atoms with Gasteiger partial charge < -0.3 is 24.8 Å². The molecule has 0 N–H and O–H groups in total. The summed E-state index contributed by atoms with van der Waals surface area (Å²) in [6.07, 6.45) is 14.4. The molecule has 4 heteroatoms. The van der Waals surface area contributed by atoms with Crippen molar-refractivity contribution in [1.82, 2.24) is 0 Å². The van der Waals surface area contributed by atoms with Crippen LogP contribution in [0.1, 0.15) is 18.4 Å². The summed E-state index contributed by atoms with van der Waals surface area (Å²) >= 11 is -1.50. The molecule has 0 amide bonds. The Labute approximate surface area is 156 Å². The minimum Gasteiger partial charge on any atom is -1.00 e. The molecular formula is C18H21Cl2GeZr. The van der Waals surface area contributed by atoms with Gasteiger partial charge in [-0.15, -0.1) is 0 Å². The van der Waals surface area contributed by atoms with Crippen molar-refractivity contribution in [1.29, 1.82) is 0 Å². The number of rotatable bonds is 4. The van der Waals surface area contributed by atoms with E-state index in [4.69, 9.17) is 0 Å². The van der Waals surface area contributed by atoms with Crippen molar-refractivity contribution >= 4 is 16.1 Å². The quantitative estimate of drug-likeness (QED) is 0.485. The first-order chi connectivity index (χ1) is 9.77. The van der Waals surface area contributed by atoms with Gasteiger partial charge in [-0.3, -0.25) is 0 Å². The van der Waals surface area contributed by atoms with Crippen LogP contribution in [-0.4, -0.2) is 10.6 Å². The maximum Gasteiger partial charge on any atom is -1.00 e. The fraction of sp³-hybridized carbons (Fsp3) is 0.222. The molecule has 0 saturated carbocycles. The smallest absolute Gasteiger partial charge is 1.00 e. The number of allylic oxidation sites excluding steroid dienone is 8. The molecule has 1 aromatic carbocycles. The van der Waals surface area contributed by atoms with Crippen LogP contribution >= 0.6 is 0 Å². The van der Waals surface area contributed by atoms with Crippen LogP contribution in [0.5, 0.6) is 0 Å². The number of halogens is 2. The molecule has 0 fully saturated rings. The van der Waals surface area contributed by atoms with Gasteiger partial charge in [0.15, 0.2) is 0 Å². The van der Waals surface area contributed by atoms with Crippen molar-refractivity contribution in [3.8, 4) is 0 Å². The minimum atomic E-state index is -1.50. The molecule has 2 aliphatic carbocycles. The predicted molar refractivity (Wildman–Crippen MR) is 87.8 cm³/mol. The fourth-order valence-electron chi connectivity index (χ4n) is 3.21. The van der Waals surface area contributed by atoms with Crippen molar-refractivity contribution in [2.24, 2.45) is 0 Å². The van der Waals surface area contributed by atoms with E-state index >= 15 is 0 Å². The van der Waals surface area contributed by atoms with Gasteiger partial charge in [0.2, 0.25) is 0 Å². The summed E-state index contributed by atoms with van der Waals surface area (Å²) in [4.78, 5) is 0. The van der Waals surface area contributed by atoms with Crippen molar-refractivity contribution < 1.29 is 44.1 Å². The van der Waals surface area contributed by atoms with E-state index in [-0.39, 0.29) is 24.8 Å². The van der Waals surface area contributed by atoms with Gasteiger partial charge >= 0.3 is 133 Å². The Morgan fingerprint density at radius 2 is 1.68 bits per heavy atom. The average Bonchev–Trinajstić information content (AvgIpc) is 3.11. The van der Waals surface area contributed by atoms with E-state index in [1.807, 2.05) is 6.56 Å². The summed E-state index contributed by atoms with van der Waals surface area (Å²) in [5.41, 5.74) is 3.01. The predicted octanol–water partition coefficient (Wildman–Crippen LogP) is -1.19. The molecule has 0 nitrogen and oxygen atoms in total. The van der Waals surface area contributed by atoms with Gasteiger partial charge in [0.1, 0.15) is 0 Å². The Kier molecular flexibility index (Phi) is 8.71. The molecule has 0 saturated heterocycles. The zero-order valence-electron chi connectivity index (χ0n) is 13.0. The van der Waals surface area contributed by atoms with Gasteiger partial charge in [-0.1, -0.05) is 0 Å². The first kappa shape index (κ1) is 20.2. The molecule has 0 heterocycles. The molecule has 0 aromatic heterocycles. The Hall–Kier alpha value is 0.186. The number of hydrogen-bond donors (Lipinski definition) is 0. The van der Waals surface area contributed by atoms with Gasteiger partial charge in [0, 0.05) is 0 Å². The fourth-order valence-corrected chi connectivity index (χ4v) is 35.2. The van der Waals surface area contributed by atoms with E-state index in [1.54, 1.807) is 5.57 Å². The number of hydrogen-bond acceptors (Lipinski definition) is 0.